The fraction of sp³-hybridized carbons (Fsp3) is 0.923. The molecule has 96 valence electrons. The maximum Gasteiger partial charge on any atom is 0.228 e. The standard InChI is InChI=1S/C13H22N2O2/c16-13(10-2-1-7-17-9-10)15-6-5-11-3-4-12(8-15)14-11/h10-12,14H,1-9H2. The van der Waals surface area contributed by atoms with Gasteiger partial charge in [-0.05, 0) is 32.1 Å². The van der Waals surface area contributed by atoms with Gasteiger partial charge in [-0.3, -0.25) is 4.79 Å². The van der Waals surface area contributed by atoms with Gasteiger partial charge in [-0.25, -0.2) is 0 Å². The molecule has 0 saturated carbocycles. The summed E-state index contributed by atoms with van der Waals surface area (Å²) >= 11 is 0. The minimum atomic E-state index is 0.125. The first kappa shape index (κ1) is 11.5. The Morgan fingerprint density at radius 1 is 1.18 bits per heavy atom. The zero-order valence-electron chi connectivity index (χ0n) is 10.4. The maximum atomic E-state index is 12.4. The molecule has 4 heteroatoms. The second kappa shape index (κ2) is 4.94. The molecule has 2 bridgehead atoms. The molecule has 3 saturated heterocycles. The zero-order valence-corrected chi connectivity index (χ0v) is 10.4. The molecular formula is C13H22N2O2. The van der Waals surface area contributed by atoms with Gasteiger partial charge in [-0.1, -0.05) is 0 Å². The topological polar surface area (TPSA) is 41.6 Å². The van der Waals surface area contributed by atoms with Crippen molar-refractivity contribution in [2.45, 2.75) is 44.2 Å². The minimum absolute atomic E-state index is 0.125. The highest BCUT2D eigenvalue weighted by Gasteiger charge is 2.33. The normalized spacial score (nSPS) is 37.9. The van der Waals surface area contributed by atoms with E-state index < -0.39 is 0 Å². The molecule has 3 atom stereocenters. The molecule has 17 heavy (non-hydrogen) atoms. The molecule has 1 amide bonds. The van der Waals surface area contributed by atoms with Crippen LogP contribution in [-0.2, 0) is 9.53 Å². The number of carbonyl (C=O) groups is 1. The van der Waals surface area contributed by atoms with E-state index in [9.17, 15) is 4.79 Å². The molecule has 3 unspecified atom stereocenters. The summed E-state index contributed by atoms with van der Waals surface area (Å²) < 4.78 is 5.42. The molecule has 3 fully saturated rings. The monoisotopic (exact) mass is 238 g/mol. The summed E-state index contributed by atoms with van der Waals surface area (Å²) in [6.07, 6.45) is 5.69. The molecular weight excluding hydrogens is 216 g/mol. The summed E-state index contributed by atoms with van der Waals surface area (Å²) in [4.78, 5) is 14.5. The van der Waals surface area contributed by atoms with Gasteiger partial charge in [0.25, 0.3) is 0 Å². The van der Waals surface area contributed by atoms with Gasteiger partial charge in [0, 0.05) is 31.8 Å². The molecule has 3 rings (SSSR count). The molecule has 0 spiro atoms. The molecule has 1 N–H and O–H groups in total. The van der Waals surface area contributed by atoms with Gasteiger partial charge in [0.05, 0.1) is 12.5 Å². The van der Waals surface area contributed by atoms with E-state index in [2.05, 4.69) is 10.2 Å². The number of hydrogen-bond acceptors (Lipinski definition) is 3. The van der Waals surface area contributed by atoms with Gasteiger partial charge in [0.1, 0.15) is 0 Å². The average Bonchev–Trinajstić information content (AvgIpc) is 2.69. The van der Waals surface area contributed by atoms with Gasteiger partial charge >= 0.3 is 0 Å². The molecule has 3 heterocycles. The van der Waals surface area contributed by atoms with Crippen LogP contribution >= 0.6 is 0 Å². The average molecular weight is 238 g/mol. The van der Waals surface area contributed by atoms with Gasteiger partial charge in [-0.2, -0.15) is 0 Å². The second-order valence-corrected chi connectivity index (χ2v) is 5.62. The summed E-state index contributed by atoms with van der Waals surface area (Å²) in [5.41, 5.74) is 0. The van der Waals surface area contributed by atoms with E-state index in [4.69, 9.17) is 4.74 Å². The van der Waals surface area contributed by atoms with Gasteiger partial charge in [0.15, 0.2) is 0 Å². The highest BCUT2D eigenvalue weighted by atomic mass is 16.5. The van der Waals surface area contributed by atoms with Gasteiger partial charge in [0.2, 0.25) is 5.91 Å². The van der Waals surface area contributed by atoms with E-state index in [1.54, 1.807) is 0 Å². The van der Waals surface area contributed by atoms with Gasteiger partial charge in [-0.15, -0.1) is 0 Å². The minimum Gasteiger partial charge on any atom is -0.381 e. The van der Waals surface area contributed by atoms with Crippen molar-refractivity contribution in [3.05, 3.63) is 0 Å². The Morgan fingerprint density at radius 3 is 2.88 bits per heavy atom. The van der Waals surface area contributed by atoms with E-state index in [1.807, 2.05) is 0 Å². The lowest BCUT2D eigenvalue weighted by Gasteiger charge is -2.30. The predicted molar refractivity (Wildman–Crippen MR) is 64.7 cm³/mol. The number of nitrogens with one attached hydrogen (secondary N) is 1. The van der Waals surface area contributed by atoms with Crippen molar-refractivity contribution in [2.24, 2.45) is 5.92 Å². The third-order valence-electron chi connectivity index (χ3n) is 4.34. The molecule has 0 aromatic carbocycles. The van der Waals surface area contributed by atoms with Crippen molar-refractivity contribution in [3.8, 4) is 0 Å². The Morgan fingerprint density at radius 2 is 2.06 bits per heavy atom. The quantitative estimate of drug-likeness (QED) is 0.733. The highest BCUT2D eigenvalue weighted by Crippen LogP contribution is 2.23. The molecule has 0 radical (unpaired) electrons. The lowest BCUT2D eigenvalue weighted by atomic mass is 9.99. The SMILES string of the molecule is O=C(C1CCCOC1)N1CCC2CCC(C1)N2. The van der Waals surface area contributed by atoms with Crippen molar-refractivity contribution in [3.63, 3.8) is 0 Å². The van der Waals surface area contributed by atoms with Crippen LogP contribution in [0, 0.1) is 5.92 Å². The molecule has 0 aromatic heterocycles. The summed E-state index contributed by atoms with van der Waals surface area (Å²) in [5.74, 6) is 0.458. The molecule has 0 aliphatic carbocycles. The summed E-state index contributed by atoms with van der Waals surface area (Å²) in [5, 5.41) is 3.62. The summed E-state index contributed by atoms with van der Waals surface area (Å²) in [7, 11) is 0. The Kier molecular flexibility index (Phi) is 3.34. The smallest absolute Gasteiger partial charge is 0.228 e. The Hall–Kier alpha value is -0.610. The Bertz CT molecular complexity index is 289. The number of rotatable bonds is 1. The first-order valence-corrected chi connectivity index (χ1v) is 6.95. The van der Waals surface area contributed by atoms with Crippen molar-refractivity contribution in [1.29, 1.82) is 0 Å². The number of fused-ring (bicyclic) bond motifs is 2. The van der Waals surface area contributed by atoms with Gasteiger partial charge < -0.3 is 15.0 Å². The maximum absolute atomic E-state index is 12.4. The lowest BCUT2D eigenvalue weighted by molar-refractivity contribution is -0.139. The number of likely N-dealkylation sites (tertiary alicyclic amines) is 1. The lowest BCUT2D eigenvalue weighted by Crippen LogP contribution is -2.43. The molecule has 0 aromatic rings. The first-order valence-electron chi connectivity index (χ1n) is 6.95. The van der Waals surface area contributed by atoms with Crippen molar-refractivity contribution >= 4 is 5.91 Å². The van der Waals surface area contributed by atoms with Crippen LogP contribution in [0.3, 0.4) is 0 Å². The fourth-order valence-electron chi connectivity index (χ4n) is 3.34. The van der Waals surface area contributed by atoms with Crippen LogP contribution in [0.15, 0.2) is 0 Å². The van der Waals surface area contributed by atoms with E-state index >= 15 is 0 Å². The second-order valence-electron chi connectivity index (χ2n) is 5.62. The third kappa shape index (κ3) is 2.47. The van der Waals surface area contributed by atoms with Crippen LogP contribution in [0.5, 0.6) is 0 Å². The largest absolute Gasteiger partial charge is 0.381 e. The predicted octanol–water partition coefficient (Wildman–Crippen LogP) is 0.766. The number of nitrogens with zero attached hydrogens (tertiary/aromatic N) is 1. The van der Waals surface area contributed by atoms with E-state index in [0.29, 0.717) is 24.6 Å². The summed E-state index contributed by atoms with van der Waals surface area (Å²) in [6, 6.07) is 1.19. The van der Waals surface area contributed by atoms with Crippen molar-refractivity contribution < 1.29 is 9.53 Å². The Labute approximate surface area is 103 Å². The van der Waals surface area contributed by atoms with Crippen LogP contribution in [0.2, 0.25) is 0 Å². The molecule has 3 aliphatic rings. The van der Waals surface area contributed by atoms with E-state index in [0.717, 1.165) is 39.0 Å². The third-order valence-corrected chi connectivity index (χ3v) is 4.34. The van der Waals surface area contributed by atoms with Crippen molar-refractivity contribution in [2.75, 3.05) is 26.3 Å². The van der Waals surface area contributed by atoms with Crippen LogP contribution in [0.4, 0.5) is 0 Å². The van der Waals surface area contributed by atoms with E-state index in [1.165, 1.54) is 12.8 Å². The van der Waals surface area contributed by atoms with Crippen LogP contribution in [0.25, 0.3) is 0 Å². The molecule has 4 nitrogen and oxygen atoms in total. The molecule has 3 aliphatic heterocycles. The number of amides is 1. The fourth-order valence-corrected chi connectivity index (χ4v) is 3.34. The van der Waals surface area contributed by atoms with Crippen LogP contribution in [-0.4, -0.2) is 49.2 Å². The number of carbonyl (C=O) groups excluding carboxylic acids is 1. The first-order chi connectivity index (χ1) is 8.33. The number of hydrogen-bond donors (Lipinski definition) is 1. The number of ether oxygens (including phenoxy) is 1. The summed E-state index contributed by atoms with van der Waals surface area (Å²) in [6.45, 7) is 3.31. The van der Waals surface area contributed by atoms with E-state index in [-0.39, 0.29) is 5.92 Å². The zero-order chi connectivity index (χ0) is 11.7. The van der Waals surface area contributed by atoms with Crippen molar-refractivity contribution in [1.82, 2.24) is 10.2 Å². The van der Waals surface area contributed by atoms with Crippen LogP contribution < -0.4 is 5.32 Å². The van der Waals surface area contributed by atoms with Crippen LogP contribution in [0.1, 0.15) is 32.1 Å². The highest BCUT2D eigenvalue weighted by molar-refractivity contribution is 5.79. The Balaban J connectivity index is 1.61.